The van der Waals surface area contributed by atoms with Gasteiger partial charge in [0.05, 0.1) is 6.61 Å². The lowest BCUT2D eigenvalue weighted by Gasteiger charge is -2.11. The molecule has 100 valence electrons. The van der Waals surface area contributed by atoms with Crippen LogP contribution in [0.5, 0.6) is 0 Å². The summed E-state index contributed by atoms with van der Waals surface area (Å²) in [6.07, 6.45) is 3.76. The van der Waals surface area contributed by atoms with E-state index in [-0.39, 0.29) is 6.61 Å². The smallest absolute Gasteiger partial charge is 0.0701 e. The number of benzene rings is 2. The van der Waals surface area contributed by atoms with Crippen molar-refractivity contribution in [2.24, 2.45) is 0 Å². The van der Waals surface area contributed by atoms with Crippen LogP contribution < -0.4 is 5.32 Å². The third kappa shape index (κ3) is 2.49. The highest BCUT2D eigenvalue weighted by molar-refractivity contribution is 5.84. The molecule has 1 heterocycles. The number of rotatable bonds is 4. The van der Waals surface area contributed by atoms with E-state index < -0.39 is 0 Å². The monoisotopic (exact) mass is 264 g/mol. The summed E-state index contributed by atoms with van der Waals surface area (Å²) < 4.78 is 0. The van der Waals surface area contributed by atoms with Gasteiger partial charge in [-0.05, 0) is 17.0 Å². The molecule has 0 unspecified atom stereocenters. The van der Waals surface area contributed by atoms with Crippen LogP contribution in [-0.4, -0.2) is 10.1 Å². The maximum Gasteiger partial charge on any atom is 0.0701 e. The van der Waals surface area contributed by atoms with Gasteiger partial charge in [-0.3, -0.25) is 4.98 Å². The first-order valence-corrected chi connectivity index (χ1v) is 6.63. The van der Waals surface area contributed by atoms with Gasteiger partial charge in [0.1, 0.15) is 0 Å². The maximum absolute atomic E-state index is 9.34. The Balaban J connectivity index is 1.87. The minimum Gasteiger partial charge on any atom is -0.392 e. The summed E-state index contributed by atoms with van der Waals surface area (Å²) in [6, 6.07) is 16.0. The van der Waals surface area contributed by atoms with Gasteiger partial charge in [-0.2, -0.15) is 0 Å². The highest BCUT2D eigenvalue weighted by atomic mass is 16.3. The number of nitrogens with zero attached hydrogens (tertiary/aromatic N) is 1. The Kier molecular flexibility index (Phi) is 3.61. The van der Waals surface area contributed by atoms with Gasteiger partial charge >= 0.3 is 0 Å². The van der Waals surface area contributed by atoms with Crippen LogP contribution in [0.1, 0.15) is 11.1 Å². The fourth-order valence-electron chi connectivity index (χ4n) is 2.34. The number of pyridine rings is 1. The molecular formula is C17H16N2O. The standard InChI is InChI=1S/C17H16N2O/c20-12-14-6-2-4-8-17(14)19-11-15-10-18-9-13-5-1-3-7-16(13)15/h1-10,19-20H,11-12H2. The number of nitrogens with one attached hydrogen (secondary N) is 1. The molecule has 0 bridgehead atoms. The van der Waals surface area contributed by atoms with Gasteiger partial charge in [0.2, 0.25) is 0 Å². The molecular weight excluding hydrogens is 248 g/mol. The number of hydrogen-bond acceptors (Lipinski definition) is 3. The molecule has 0 amide bonds. The second kappa shape index (κ2) is 5.72. The largest absolute Gasteiger partial charge is 0.392 e. The lowest BCUT2D eigenvalue weighted by atomic mass is 10.1. The van der Waals surface area contributed by atoms with Gasteiger partial charge in [-0.25, -0.2) is 0 Å². The SMILES string of the molecule is OCc1ccccc1NCc1cncc2ccccc12. The minimum atomic E-state index is 0.0387. The molecule has 1 aromatic heterocycles. The number of anilines is 1. The first-order chi connectivity index (χ1) is 9.88. The van der Waals surface area contributed by atoms with E-state index in [1.165, 1.54) is 5.39 Å². The molecule has 0 aliphatic carbocycles. The van der Waals surface area contributed by atoms with Crippen molar-refractivity contribution < 1.29 is 5.11 Å². The highest BCUT2D eigenvalue weighted by Gasteiger charge is 2.03. The van der Waals surface area contributed by atoms with Crippen LogP contribution in [0.2, 0.25) is 0 Å². The highest BCUT2D eigenvalue weighted by Crippen LogP contribution is 2.20. The Morgan fingerprint density at radius 2 is 1.70 bits per heavy atom. The predicted molar refractivity (Wildman–Crippen MR) is 81.4 cm³/mol. The van der Waals surface area contributed by atoms with Crippen molar-refractivity contribution in [3.05, 3.63) is 72.1 Å². The number of fused-ring (bicyclic) bond motifs is 1. The molecule has 3 rings (SSSR count). The second-order valence-corrected chi connectivity index (χ2v) is 4.69. The summed E-state index contributed by atoms with van der Waals surface area (Å²) in [6.45, 7) is 0.725. The Hall–Kier alpha value is -2.39. The van der Waals surface area contributed by atoms with Crippen molar-refractivity contribution in [1.29, 1.82) is 0 Å². The quantitative estimate of drug-likeness (QED) is 0.759. The molecule has 20 heavy (non-hydrogen) atoms. The van der Waals surface area contributed by atoms with E-state index in [9.17, 15) is 5.11 Å². The molecule has 3 heteroatoms. The fraction of sp³-hybridized carbons (Fsp3) is 0.118. The number of hydrogen-bond donors (Lipinski definition) is 2. The molecule has 0 aliphatic heterocycles. The van der Waals surface area contributed by atoms with Gasteiger partial charge in [0, 0.05) is 35.6 Å². The van der Waals surface area contributed by atoms with Crippen molar-refractivity contribution in [2.45, 2.75) is 13.2 Å². The second-order valence-electron chi connectivity index (χ2n) is 4.69. The van der Waals surface area contributed by atoms with Crippen molar-refractivity contribution in [3.8, 4) is 0 Å². The fourth-order valence-corrected chi connectivity index (χ4v) is 2.34. The number of para-hydroxylation sites is 1. The van der Waals surface area contributed by atoms with E-state index in [1.807, 2.05) is 48.8 Å². The van der Waals surface area contributed by atoms with Gasteiger partial charge in [-0.15, -0.1) is 0 Å². The predicted octanol–water partition coefficient (Wildman–Crippen LogP) is 3.34. The molecule has 0 saturated carbocycles. The van der Waals surface area contributed by atoms with E-state index in [0.29, 0.717) is 6.54 Å². The molecule has 0 aliphatic rings. The Labute approximate surface area is 117 Å². The van der Waals surface area contributed by atoms with Crippen LogP contribution >= 0.6 is 0 Å². The van der Waals surface area contributed by atoms with Gasteiger partial charge in [-0.1, -0.05) is 42.5 Å². The average molecular weight is 264 g/mol. The van der Waals surface area contributed by atoms with Gasteiger partial charge < -0.3 is 10.4 Å². The summed E-state index contributed by atoms with van der Waals surface area (Å²) in [5.74, 6) is 0. The van der Waals surface area contributed by atoms with Gasteiger partial charge in [0.15, 0.2) is 0 Å². The first-order valence-electron chi connectivity index (χ1n) is 6.63. The number of aromatic nitrogens is 1. The maximum atomic E-state index is 9.34. The third-order valence-electron chi connectivity index (χ3n) is 3.41. The summed E-state index contributed by atoms with van der Waals surface area (Å²) >= 11 is 0. The lowest BCUT2D eigenvalue weighted by Crippen LogP contribution is -2.03. The molecule has 0 radical (unpaired) electrons. The number of aliphatic hydroxyl groups excluding tert-OH is 1. The molecule has 0 atom stereocenters. The minimum absolute atomic E-state index is 0.0387. The van der Waals surface area contributed by atoms with E-state index in [2.05, 4.69) is 22.4 Å². The van der Waals surface area contributed by atoms with Crippen LogP contribution in [0.25, 0.3) is 10.8 Å². The van der Waals surface area contributed by atoms with Crippen molar-refractivity contribution in [3.63, 3.8) is 0 Å². The van der Waals surface area contributed by atoms with E-state index >= 15 is 0 Å². The summed E-state index contributed by atoms with van der Waals surface area (Å²) in [5.41, 5.74) is 3.01. The average Bonchev–Trinajstić information content (AvgIpc) is 2.53. The van der Waals surface area contributed by atoms with Crippen LogP contribution in [0, 0.1) is 0 Å². The molecule has 0 spiro atoms. The van der Waals surface area contributed by atoms with Crippen molar-refractivity contribution in [2.75, 3.05) is 5.32 Å². The molecule has 0 saturated heterocycles. The zero-order valence-electron chi connectivity index (χ0n) is 11.1. The first kappa shape index (κ1) is 12.6. The zero-order valence-corrected chi connectivity index (χ0v) is 11.1. The Bertz CT molecular complexity index is 720. The van der Waals surface area contributed by atoms with Gasteiger partial charge in [0.25, 0.3) is 0 Å². The molecule has 3 aromatic rings. The molecule has 3 nitrogen and oxygen atoms in total. The van der Waals surface area contributed by atoms with Crippen molar-refractivity contribution >= 4 is 16.5 Å². The third-order valence-corrected chi connectivity index (χ3v) is 3.41. The number of aliphatic hydroxyl groups is 1. The van der Waals surface area contributed by atoms with E-state index in [0.717, 1.165) is 22.2 Å². The normalized spacial score (nSPS) is 10.7. The summed E-state index contributed by atoms with van der Waals surface area (Å²) in [5, 5.41) is 15.1. The molecule has 2 aromatic carbocycles. The Morgan fingerprint density at radius 1 is 0.900 bits per heavy atom. The summed E-state index contributed by atoms with van der Waals surface area (Å²) in [4.78, 5) is 4.28. The lowest BCUT2D eigenvalue weighted by molar-refractivity contribution is 0.282. The zero-order chi connectivity index (χ0) is 13.8. The van der Waals surface area contributed by atoms with Crippen LogP contribution in [-0.2, 0) is 13.2 Å². The molecule has 0 fully saturated rings. The van der Waals surface area contributed by atoms with Crippen LogP contribution in [0.3, 0.4) is 0 Å². The van der Waals surface area contributed by atoms with E-state index in [4.69, 9.17) is 0 Å². The van der Waals surface area contributed by atoms with E-state index in [1.54, 1.807) is 0 Å². The Morgan fingerprint density at radius 3 is 2.60 bits per heavy atom. The van der Waals surface area contributed by atoms with Crippen LogP contribution in [0.15, 0.2) is 60.9 Å². The van der Waals surface area contributed by atoms with Crippen molar-refractivity contribution in [1.82, 2.24) is 4.98 Å². The topological polar surface area (TPSA) is 45.1 Å². The molecule has 2 N–H and O–H groups in total. The summed E-state index contributed by atoms with van der Waals surface area (Å²) in [7, 11) is 0. The van der Waals surface area contributed by atoms with Crippen LogP contribution in [0.4, 0.5) is 5.69 Å².